The molecule has 5 heteroatoms. The average Bonchev–Trinajstić information content (AvgIpc) is 2.51. The van der Waals surface area contributed by atoms with Crippen molar-refractivity contribution in [2.45, 2.75) is 12.3 Å². The van der Waals surface area contributed by atoms with Gasteiger partial charge in [0.1, 0.15) is 0 Å². The molecule has 1 aromatic carbocycles. The second-order valence-corrected chi connectivity index (χ2v) is 6.18. The monoisotopic (exact) mass is 226 g/mol. The summed E-state index contributed by atoms with van der Waals surface area (Å²) in [6.07, 6.45) is 0.649. The molecule has 1 aliphatic rings. The van der Waals surface area contributed by atoms with Crippen molar-refractivity contribution in [2.24, 2.45) is 0 Å². The maximum atomic E-state index is 11.3. The van der Waals surface area contributed by atoms with Crippen LogP contribution >= 0.6 is 0 Å². The molecule has 0 unspecified atom stereocenters. The van der Waals surface area contributed by atoms with Gasteiger partial charge in [0.25, 0.3) is 0 Å². The molecule has 15 heavy (non-hydrogen) atoms. The Labute approximate surface area is 89.2 Å². The molecule has 2 rings (SSSR count). The Morgan fingerprint density at radius 1 is 1.27 bits per heavy atom. The third kappa shape index (κ3) is 1.92. The molecule has 0 aliphatic carbocycles. The highest BCUT2D eigenvalue weighted by Gasteiger charge is 2.30. The van der Waals surface area contributed by atoms with Gasteiger partial charge >= 0.3 is 0 Å². The zero-order chi connectivity index (χ0) is 11.1. The lowest BCUT2D eigenvalue weighted by Gasteiger charge is -2.12. The van der Waals surface area contributed by atoms with Crippen LogP contribution in [0, 0.1) is 0 Å². The maximum Gasteiger partial charge on any atom is 0.150 e. The van der Waals surface area contributed by atoms with Gasteiger partial charge in [-0.05, 0) is 18.1 Å². The summed E-state index contributed by atoms with van der Waals surface area (Å²) in [6.45, 7) is 0. The third-order valence-corrected chi connectivity index (χ3v) is 4.61. The highest BCUT2D eigenvalue weighted by molar-refractivity contribution is 7.91. The van der Waals surface area contributed by atoms with Crippen LogP contribution in [0.4, 0.5) is 11.4 Å². The molecule has 1 aromatic rings. The highest BCUT2D eigenvalue weighted by atomic mass is 32.2. The van der Waals surface area contributed by atoms with E-state index in [1.165, 1.54) is 0 Å². The number of nitrogens with two attached hydrogens (primary N) is 2. The number of hydrogen-bond acceptors (Lipinski definition) is 4. The van der Waals surface area contributed by atoms with Crippen LogP contribution in [0.1, 0.15) is 17.9 Å². The van der Waals surface area contributed by atoms with Gasteiger partial charge in [-0.15, -0.1) is 0 Å². The number of sulfone groups is 1. The van der Waals surface area contributed by atoms with Crippen LogP contribution < -0.4 is 11.5 Å². The summed E-state index contributed by atoms with van der Waals surface area (Å²) in [7, 11) is -2.87. The van der Waals surface area contributed by atoms with Crippen LogP contribution in [0.5, 0.6) is 0 Å². The molecule has 1 aliphatic heterocycles. The van der Waals surface area contributed by atoms with Crippen molar-refractivity contribution in [1.82, 2.24) is 0 Å². The second kappa shape index (κ2) is 3.41. The van der Waals surface area contributed by atoms with Gasteiger partial charge in [0.05, 0.1) is 22.9 Å². The standard InChI is InChI=1S/C10H14N2O2S/c11-9-3-1-2-8(10(9)12)7-4-5-15(13,14)6-7/h1-3,7H,4-6,11-12H2/t7-/m1/s1. The summed E-state index contributed by atoms with van der Waals surface area (Å²) in [5, 5.41) is 0. The van der Waals surface area contributed by atoms with Crippen molar-refractivity contribution in [1.29, 1.82) is 0 Å². The highest BCUT2D eigenvalue weighted by Crippen LogP contribution is 2.34. The predicted octanol–water partition coefficient (Wildman–Crippen LogP) is 0.753. The van der Waals surface area contributed by atoms with E-state index in [4.69, 9.17) is 11.5 Å². The molecule has 1 heterocycles. The van der Waals surface area contributed by atoms with Gasteiger partial charge in [0, 0.05) is 5.92 Å². The van der Waals surface area contributed by atoms with Crippen molar-refractivity contribution < 1.29 is 8.42 Å². The molecule has 4 nitrogen and oxygen atoms in total. The van der Waals surface area contributed by atoms with Crippen molar-refractivity contribution >= 4 is 21.2 Å². The number of benzene rings is 1. The van der Waals surface area contributed by atoms with E-state index in [-0.39, 0.29) is 17.4 Å². The number of anilines is 2. The molecule has 0 radical (unpaired) electrons. The fourth-order valence-electron chi connectivity index (χ4n) is 2.00. The Bertz CT molecular complexity index is 482. The SMILES string of the molecule is Nc1cccc([C@@H]2CCS(=O)(=O)C2)c1N. The van der Waals surface area contributed by atoms with Gasteiger partial charge in [-0.25, -0.2) is 8.42 Å². The first-order valence-electron chi connectivity index (χ1n) is 4.84. The summed E-state index contributed by atoms with van der Waals surface area (Å²) in [5.41, 5.74) is 13.4. The number of hydrogen-bond donors (Lipinski definition) is 2. The minimum Gasteiger partial charge on any atom is -0.397 e. The summed E-state index contributed by atoms with van der Waals surface area (Å²) < 4.78 is 22.7. The van der Waals surface area contributed by atoms with E-state index in [2.05, 4.69) is 0 Å². The van der Waals surface area contributed by atoms with Gasteiger partial charge < -0.3 is 11.5 Å². The molecule has 4 N–H and O–H groups in total. The first kappa shape index (κ1) is 10.3. The average molecular weight is 226 g/mol. The van der Waals surface area contributed by atoms with Gasteiger partial charge in [0.15, 0.2) is 9.84 Å². The van der Waals surface area contributed by atoms with E-state index in [9.17, 15) is 8.42 Å². The lowest BCUT2D eigenvalue weighted by Crippen LogP contribution is -2.07. The molecular weight excluding hydrogens is 212 g/mol. The fraction of sp³-hybridized carbons (Fsp3) is 0.400. The van der Waals surface area contributed by atoms with Gasteiger partial charge in [-0.3, -0.25) is 0 Å². The molecular formula is C10H14N2O2S. The normalized spacial score (nSPS) is 24.1. The Kier molecular flexibility index (Phi) is 2.34. The van der Waals surface area contributed by atoms with E-state index >= 15 is 0 Å². The molecule has 82 valence electrons. The van der Waals surface area contributed by atoms with Crippen molar-refractivity contribution in [2.75, 3.05) is 23.0 Å². The minimum atomic E-state index is -2.87. The van der Waals surface area contributed by atoms with Crippen LogP contribution in [-0.4, -0.2) is 19.9 Å². The van der Waals surface area contributed by atoms with Crippen LogP contribution in [-0.2, 0) is 9.84 Å². The second-order valence-electron chi connectivity index (χ2n) is 3.95. The summed E-state index contributed by atoms with van der Waals surface area (Å²) in [4.78, 5) is 0. The summed E-state index contributed by atoms with van der Waals surface area (Å²) >= 11 is 0. The van der Waals surface area contributed by atoms with Crippen LogP contribution in [0.25, 0.3) is 0 Å². The summed E-state index contributed by atoms with van der Waals surface area (Å²) in [6, 6.07) is 5.39. The minimum absolute atomic E-state index is 0.0125. The fourth-order valence-corrected chi connectivity index (χ4v) is 3.77. The van der Waals surface area contributed by atoms with E-state index < -0.39 is 9.84 Å². The first-order valence-corrected chi connectivity index (χ1v) is 6.66. The van der Waals surface area contributed by atoms with Crippen molar-refractivity contribution in [3.05, 3.63) is 23.8 Å². The topological polar surface area (TPSA) is 86.2 Å². The number of rotatable bonds is 1. The Morgan fingerprint density at radius 2 is 2.00 bits per heavy atom. The van der Waals surface area contributed by atoms with Gasteiger partial charge in [0.2, 0.25) is 0 Å². The molecule has 0 bridgehead atoms. The molecule has 1 fully saturated rings. The Balaban J connectivity index is 2.36. The summed E-state index contributed by atoms with van der Waals surface area (Å²) in [5.74, 6) is 0.463. The molecule has 0 spiro atoms. The zero-order valence-electron chi connectivity index (χ0n) is 8.31. The van der Waals surface area contributed by atoms with Crippen LogP contribution in [0.15, 0.2) is 18.2 Å². The number of para-hydroxylation sites is 1. The number of nitrogen functional groups attached to an aromatic ring is 2. The van der Waals surface area contributed by atoms with E-state index in [0.29, 0.717) is 17.8 Å². The zero-order valence-corrected chi connectivity index (χ0v) is 9.13. The maximum absolute atomic E-state index is 11.3. The Hall–Kier alpha value is -1.23. The molecule has 0 amide bonds. The molecule has 1 atom stereocenters. The first-order chi connectivity index (χ1) is 6.99. The molecule has 0 aromatic heterocycles. The largest absolute Gasteiger partial charge is 0.397 e. The Morgan fingerprint density at radius 3 is 2.60 bits per heavy atom. The lowest BCUT2D eigenvalue weighted by molar-refractivity contribution is 0.601. The predicted molar refractivity (Wildman–Crippen MR) is 61.3 cm³/mol. The smallest absolute Gasteiger partial charge is 0.150 e. The van der Waals surface area contributed by atoms with Crippen LogP contribution in [0.2, 0.25) is 0 Å². The third-order valence-electron chi connectivity index (χ3n) is 2.85. The quantitative estimate of drug-likeness (QED) is 0.692. The molecule has 1 saturated heterocycles. The van der Waals surface area contributed by atoms with E-state index in [1.54, 1.807) is 6.07 Å². The van der Waals surface area contributed by atoms with Gasteiger partial charge in [-0.1, -0.05) is 12.1 Å². The van der Waals surface area contributed by atoms with Gasteiger partial charge in [-0.2, -0.15) is 0 Å². The van der Waals surface area contributed by atoms with Crippen LogP contribution in [0.3, 0.4) is 0 Å². The van der Waals surface area contributed by atoms with Crippen molar-refractivity contribution in [3.63, 3.8) is 0 Å². The lowest BCUT2D eigenvalue weighted by atomic mass is 9.96. The van der Waals surface area contributed by atoms with Crippen molar-refractivity contribution in [3.8, 4) is 0 Å². The van der Waals surface area contributed by atoms with E-state index in [0.717, 1.165) is 5.56 Å². The molecule has 0 saturated carbocycles. The van der Waals surface area contributed by atoms with E-state index in [1.807, 2.05) is 12.1 Å².